The van der Waals surface area contributed by atoms with Crippen molar-refractivity contribution in [3.05, 3.63) is 47.8 Å². The van der Waals surface area contributed by atoms with Crippen molar-refractivity contribution in [2.75, 3.05) is 51.5 Å². The van der Waals surface area contributed by atoms with Crippen molar-refractivity contribution in [3.8, 4) is 17.6 Å². The SMILES string of the molecule is CNC(=O)c1ccc(OC)c(NCC#Cc2nc3c(N[C@@H]4CN(C)C[C@@H]4F)cccn3c2SC(F)(F)F)c1. The summed E-state index contributed by atoms with van der Waals surface area (Å²) in [5.74, 6) is 5.71. The van der Waals surface area contributed by atoms with E-state index in [1.54, 1.807) is 37.4 Å². The molecule has 2 atom stereocenters. The highest BCUT2D eigenvalue weighted by atomic mass is 32.2. The number of ether oxygens (including phenoxy) is 1. The fraction of sp³-hybridized carbons (Fsp3) is 0.360. The Balaban J connectivity index is 1.62. The number of aromatic nitrogens is 2. The minimum Gasteiger partial charge on any atom is -0.495 e. The third-order valence-corrected chi connectivity index (χ3v) is 6.67. The Morgan fingerprint density at radius 1 is 1.26 bits per heavy atom. The second-order valence-corrected chi connectivity index (χ2v) is 9.62. The second-order valence-electron chi connectivity index (χ2n) is 8.57. The molecular weight excluding hydrogens is 524 g/mol. The Morgan fingerprint density at radius 3 is 2.71 bits per heavy atom. The highest BCUT2D eigenvalue weighted by Gasteiger charge is 2.34. The molecule has 0 bridgehead atoms. The fourth-order valence-corrected chi connectivity index (χ4v) is 4.79. The van der Waals surface area contributed by atoms with Gasteiger partial charge in [-0.3, -0.25) is 9.20 Å². The van der Waals surface area contributed by atoms with E-state index < -0.39 is 17.7 Å². The second kappa shape index (κ2) is 11.4. The molecule has 0 saturated carbocycles. The number of carbonyl (C=O) groups excluding carboxylic acids is 1. The molecule has 2 aromatic heterocycles. The van der Waals surface area contributed by atoms with Crippen LogP contribution >= 0.6 is 11.8 Å². The lowest BCUT2D eigenvalue weighted by atomic mass is 10.1. The fourth-order valence-electron chi connectivity index (χ4n) is 4.13. The normalized spacial score (nSPS) is 17.7. The molecule has 3 N–H and O–H groups in total. The van der Waals surface area contributed by atoms with E-state index in [0.717, 1.165) is 0 Å². The number of hydrogen-bond donors (Lipinski definition) is 3. The van der Waals surface area contributed by atoms with Crippen LogP contribution < -0.4 is 20.7 Å². The number of likely N-dealkylation sites (tertiary alicyclic amines) is 1. The number of thioether (sulfide) groups is 1. The number of carbonyl (C=O) groups is 1. The first-order valence-corrected chi connectivity index (χ1v) is 12.4. The summed E-state index contributed by atoms with van der Waals surface area (Å²) in [4.78, 5) is 18.2. The van der Waals surface area contributed by atoms with Crippen molar-refractivity contribution in [1.82, 2.24) is 19.6 Å². The number of likely N-dealkylation sites (N-methyl/N-ethyl adjacent to an activating group) is 1. The average Bonchev–Trinajstić information content (AvgIpc) is 3.38. The van der Waals surface area contributed by atoms with E-state index in [2.05, 4.69) is 32.8 Å². The first-order chi connectivity index (χ1) is 18.1. The Hall–Kier alpha value is -3.63. The number of alkyl halides is 4. The van der Waals surface area contributed by atoms with Crippen molar-refractivity contribution >= 4 is 34.7 Å². The van der Waals surface area contributed by atoms with Crippen molar-refractivity contribution in [2.45, 2.75) is 22.7 Å². The van der Waals surface area contributed by atoms with Gasteiger partial charge in [-0.05, 0) is 43.3 Å². The van der Waals surface area contributed by atoms with Gasteiger partial charge in [-0.2, -0.15) is 13.2 Å². The smallest absolute Gasteiger partial charge is 0.447 e. The molecule has 1 aliphatic rings. The minimum absolute atomic E-state index is 0.0423. The molecule has 0 radical (unpaired) electrons. The lowest BCUT2D eigenvalue weighted by Crippen LogP contribution is -2.29. The van der Waals surface area contributed by atoms with Gasteiger partial charge in [0.1, 0.15) is 22.6 Å². The zero-order valence-electron chi connectivity index (χ0n) is 20.8. The monoisotopic (exact) mass is 550 g/mol. The van der Waals surface area contributed by atoms with E-state index in [-0.39, 0.29) is 47.1 Å². The number of nitrogens with zero attached hydrogens (tertiary/aromatic N) is 3. The maximum Gasteiger partial charge on any atom is 0.447 e. The van der Waals surface area contributed by atoms with Gasteiger partial charge in [0.25, 0.3) is 5.91 Å². The molecule has 8 nitrogen and oxygen atoms in total. The third kappa shape index (κ3) is 6.25. The Kier molecular flexibility index (Phi) is 8.23. The van der Waals surface area contributed by atoms with Crippen molar-refractivity contribution in [1.29, 1.82) is 0 Å². The van der Waals surface area contributed by atoms with Crippen LogP contribution in [-0.2, 0) is 0 Å². The maximum atomic E-state index is 14.4. The third-order valence-electron chi connectivity index (χ3n) is 5.85. The molecule has 1 amide bonds. The zero-order valence-corrected chi connectivity index (χ0v) is 21.6. The van der Waals surface area contributed by atoms with Crippen LogP contribution in [0.25, 0.3) is 5.65 Å². The van der Waals surface area contributed by atoms with Crippen LogP contribution in [0, 0.1) is 11.8 Å². The van der Waals surface area contributed by atoms with Crippen molar-refractivity contribution < 1.29 is 27.1 Å². The summed E-state index contributed by atoms with van der Waals surface area (Å²) >= 11 is -0.313. The molecule has 1 aromatic carbocycles. The molecular formula is C25H26F4N6O2S. The number of hydrogen-bond acceptors (Lipinski definition) is 7. The van der Waals surface area contributed by atoms with E-state index in [0.29, 0.717) is 29.2 Å². The summed E-state index contributed by atoms with van der Waals surface area (Å²) in [7, 11) is 4.79. The quantitative estimate of drug-likeness (QED) is 0.234. The number of rotatable bonds is 7. The summed E-state index contributed by atoms with van der Waals surface area (Å²) in [6.07, 6.45) is 0.344. The standard InChI is InChI=1S/C25H26F4N6O2S/c1-30-23(36)15-8-9-21(37-3)19(12-15)31-10-4-6-18-24(38-25(27,28)29)35-11-5-7-17(22(35)33-18)32-20-14-34(2)13-16(20)26/h5,7-9,11-12,16,20,31-32H,10,13-14H2,1-3H3,(H,30,36)/t16-,20+/m0/s1. The van der Waals surface area contributed by atoms with Gasteiger partial charge in [0.2, 0.25) is 0 Å². The van der Waals surface area contributed by atoms with Gasteiger partial charge in [-0.15, -0.1) is 0 Å². The van der Waals surface area contributed by atoms with Gasteiger partial charge < -0.3 is 25.6 Å². The number of methoxy groups -OCH3 is 1. The van der Waals surface area contributed by atoms with Gasteiger partial charge in [0.05, 0.1) is 31.1 Å². The number of pyridine rings is 1. The molecule has 4 rings (SSSR count). The first-order valence-electron chi connectivity index (χ1n) is 11.6. The molecule has 3 heterocycles. The summed E-state index contributed by atoms with van der Waals surface area (Å²) < 4.78 is 61.2. The van der Waals surface area contributed by atoms with Gasteiger partial charge in [0.15, 0.2) is 5.65 Å². The number of benzene rings is 1. The van der Waals surface area contributed by atoms with Gasteiger partial charge in [0, 0.05) is 43.7 Å². The largest absolute Gasteiger partial charge is 0.495 e. The number of amides is 1. The number of halogens is 4. The van der Waals surface area contributed by atoms with Crippen LogP contribution in [0.15, 0.2) is 41.6 Å². The zero-order chi connectivity index (χ0) is 27.4. The Morgan fingerprint density at radius 2 is 2.05 bits per heavy atom. The summed E-state index contributed by atoms with van der Waals surface area (Å²) in [6.45, 7) is 0.765. The number of nitrogens with one attached hydrogen (secondary N) is 3. The van der Waals surface area contributed by atoms with Crippen LogP contribution in [-0.4, -0.2) is 78.8 Å². The van der Waals surface area contributed by atoms with Crippen LogP contribution in [0.3, 0.4) is 0 Å². The van der Waals surface area contributed by atoms with Crippen LogP contribution in [0.5, 0.6) is 5.75 Å². The number of anilines is 2. The molecule has 3 aromatic rings. The molecule has 13 heteroatoms. The molecule has 38 heavy (non-hydrogen) atoms. The highest BCUT2D eigenvalue weighted by Crippen LogP contribution is 2.39. The maximum absolute atomic E-state index is 14.4. The molecule has 202 valence electrons. The molecule has 1 fully saturated rings. The van der Waals surface area contributed by atoms with E-state index in [4.69, 9.17) is 4.74 Å². The Labute approximate surface area is 221 Å². The Bertz CT molecular complexity index is 1380. The molecule has 0 aliphatic carbocycles. The van der Waals surface area contributed by atoms with Crippen molar-refractivity contribution in [3.63, 3.8) is 0 Å². The lowest BCUT2D eigenvalue weighted by Gasteiger charge is -2.16. The summed E-state index contributed by atoms with van der Waals surface area (Å²) in [6, 6.07) is 7.53. The van der Waals surface area contributed by atoms with Crippen molar-refractivity contribution in [2.24, 2.45) is 0 Å². The molecule has 1 saturated heterocycles. The first kappa shape index (κ1) is 27.4. The number of fused-ring (bicyclic) bond motifs is 1. The topological polar surface area (TPSA) is 82.9 Å². The molecule has 0 spiro atoms. The predicted molar refractivity (Wildman–Crippen MR) is 139 cm³/mol. The minimum atomic E-state index is -4.57. The predicted octanol–water partition coefficient (Wildman–Crippen LogP) is 3.84. The van der Waals surface area contributed by atoms with E-state index in [1.165, 1.54) is 24.8 Å². The van der Waals surface area contributed by atoms with Crippen LogP contribution in [0.2, 0.25) is 0 Å². The van der Waals surface area contributed by atoms with Crippen LogP contribution in [0.4, 0.5) is 28.9 Å². The summed E-state index contributed by atoms with van der Waals surface area (Å²) in [5, 5.41) is 8.46. The average molecular weight is 551 g/mol. The molecule has 0 unspecified atom stereocenters. The highest BCUT2D eigenvalue weighted by molar-refractivity contribution is 8.00. The van der Waals surface area contributed by atoms with Crippen LogP contribution in [0.1, 0.15) is 16.1 Å². The van der Waals surface area contributed by atoms with Gasteiger partial charge in [-0.1, -0.05) is 5.92 Å². The summed E-state index contributed by atoms with van der Waals surface area (Å²) in [5.41, 5.74) is -3.09. The molecule has 1 aliphatic heterocycles. The van der Waals surface area contributed by atoms with Gasteiger partial charge >= 0.3 is 5.51 Å². The van der Waals surface area contributed by atoms with E-state index >= 15 is 0 Å². The van der Waals surface area contributed by atoms with E-state index in [1.807, 2.05) is 4.90 Å². The number of imidazole rings is 1. The van der Waals surface area contributed by atoms with Gasteiger partial charge in [-0.25, -0.2) is 9.37 Å². The lowest BCUT2D eigenvalue weighted by molar-refractivity contribution is -0.0330. The van der Waals surface area contributed by atoms with E-state index in [9.17, 15) is 22.4 Å².